The summed E-state index contributed by atoms with van der Waals surface area (Å²) < 4.78 is 12.1. The lowest BCUT2D eigenvalue weighted by molar-refractivity contribution is 0.0295. The molecule has 1 aliphatic rings. The van der Waals surface area contributed by atoms with Gasteiger partial charge in [-0.15, -0.1) is 0 Å². The van der Waals surface area contributed by atoms with E-state index in [9.17, 15) is 9.59 Å². The molecule has 1 saturated heterocycles. The van der Waals surface area contributed by atoms with Gasteiger partial charge in [-0.2, -0.15) is 10.2 Å². The van der Waals surface area contributed by atoms with Crippen molar-refractivity contribution in [3.63, 3.8) is 0 Å². The molecule has 3 heterocycles. The Morgan fingerprint density at radius 1 is 1.26 bits per heavy atom. The third-order valence-corrected chi connectivity index (χ3v) is 5.08. The maximum Gasteiger partial charge on any atom is 0.274 e. The van der Waals surface area contributed by atoms with Crippen molar-refractivity contribution in [2.24, 2.45) is 0 Å². The Balaban J connectivity index is 1.54. The van der Waals surface area contributed by atoms with Gasteiger partial charge < -0.3 is 19.7 Å². The van der Waals surface area contributed by atoms with E-state index >= 15 is 0 Å². The Hall–Kier alpha value is -3.66. The van der Waals surface area contributed by atoms with Crippen LogP contribution in [0.4, 0.5) is 5.69 Å². The molecule has 162 valence electrons. The molecule has 1 aliphatic heterocycles. The molecule has 10 heteroatoms. The molecule has 0 saturated carbocycles. The number of carbonyl (C=O) groups is 2. The van der Waals surface area contributed by atoms with Gasteiger partial charge in [0.15, 0.2) is 0 Å². The molecule has 2 aromatic heterocycles. The van der Waals surface area contributed by atoms with Crippen molar-refractivity contribution in [1.82, 2.24) is 24.9 Å². The number of nitrogens with zero attached hydrogens (tertiary/aromatic N) is 4. The summed E-state index contributed by atoms with van der Waals surface area (Å²) >= 11 is 0. The average molecular weight is 424 g/mol. The van der Waals surface area contributed by atoms with E-state index in [1.54, 1.807) is 22.8 Å². The SMILES string of the molecule is CCn1ncc(NC(=O)c2cc(-c3cccc(OC)c3)n[nH]2)c1C(=O)N1CCOCC1. The largest absolute Gasteiger partial charge is 0.497 e. The van der Waals surface area contributed by atoms with Gasteiger partial charge in [-0.1, -0.05) is 12.1 Å². The molecule has 31 heavy (non-hydrogen) atoms. The van der Waals surface area contributed by atoms with Crippen molar-refractivity contribution in [2.75, 3.05) is 38.7 Å². The van der Waals surface area contributed by atoms with Crippen LogP contribution in [-0.4, -0.2) is 70.1 Å². The van der Waals surface area contributed by atoms with Crippen molar-refractivity contribution in [3.8, 4) is 17.0 Å². The van der Waals surface area contributed by atoms with Gasteiger partial charge in [0.2, 0.25) is 0 Å². The van der Waals surface area contributed by atoms with E-state index in [2.05, 4.69) is 20.6 Å². The molecule has 10 nitrogen and oxygen atoms in total. The van der Waals surface area contributed by atoms with Crippen molar-refractivity contribution in [2.45, 2.75) is 13.5 Å². The molecule has 4 rings (SSSR count). The van der Waals surface area contributed by atoms with E-state index in [4.69, 9.17) is 9.47 Å². The lowest BCUT2D eigenvalue weighted by Crippen LogP contribution is -2.41. The van der Waals surface area contributed by atoms with Crippen molar-refractivity contribution < 1.29 is 19.1 Å². The first-order chi connectivity index (χ1) is 15.1. The predicted octanol–water partition coefficient (Wildman–Crippen LogP) is 2.03. The number of nitrogens with one attached hydrogen (secondary N) is 2. The van der Waals surface area contributed by atoms with Gasteiger partial charge in [0.25, 0.3) is 11.8 Å². The summed E-state index contributed by atoms with van der Waals surface area (Å²) in [7, 11) is 1.59. The number of hydrogen-bond donors (Lipinski definition) is 2. The van der Waals surface area contributed by atoms with Crippen molar-refractivity contribution in [1.29, 1.82) is 0 Å². The fraction of sp³-hybridized carbons (Fsp3) is 0.333. The predicted molar refractivity (Wildman–Crippen MR) is 113 cm³/mol. The number of aromatic amines is 1. The maximum atomic E-state index is 13.1. The van der Waals surface area contributed by atoms with Crippen molar-refractivity contribution in [3.05, 3.63) is 47.9 Å². The van der Waals surface area contributed by atoms with E-state index < -0.39 is 5.91 Å². The third-order valence-electron chi connectivity index (χ3n) is 5.08. The molecule has 3 aromatic rings. The smallest absolute Gasteiger partial charge is 0.274 e. The molecular weight excluding hydrogens is 400 g/mol. The van der Waals surface area contributed by atoms with Crippen LogP contribution in [0.25, 0.3) is 11.3 Å². The zero-order valence-electron chi connectivity index (χ0n) is 17.4. The highest BCUT2D eigenvalue weighted by atomic mass is 16.5. The summed E-state index contributed by atoms with van der Waals surface area (Å²) in [6, 6.07) is 9.05. The Morgan fingerprint density at radius 3 is 2.81 bits per heavy atom. The maximum absolute atomic E-state index is 13.1. The van der Waals surface area contributed by atoms with E-state index in [1.165, 1.54) is 6.20 Å². The number of carbonyl (C=O) groups excluding carboxylic acids is 2. The summed E-state index contributed by atoms with van der Waals surface area (Å²) in [5.74, 6) is 0.109. The highest BCUT2D eigenvalue weighted by Crippen LogP contribution is 2.24. The second-order valence-corrected chi connectivity index (χ2v) is 6.98. The van der Waals surface area contributed by atoms with Gasteiger partial charge >= 0.3 is 0 Å². The lowest BCUT2D eigenvalue weighted by Gasteiger charge is -2.27. The number of hydrogen-bond acceptors (Lipinski definition) is 6. The van der Waals surface area contributed by atoms with E-state index in [0.717, 1.165) is 5.56 Å². The minimum Gasteiger partial charge on any atom is -0.497 e. The van der Waals surface area contributed by atoms with Crippen LogP contribution >= 0.6 is 0 Å². The fourth-order valence-electron chi connectivity index (χ4n) is 3.42. The van der Waals surface area contributed by atoms with Gasteiger partial charge in [-0.3, -0.25) is 19.4 Å². The Labute approximate surface area is 179 Å². The highest BCUT2D eigenvalue weighted by molar-refractivity contribution is 6.07. The number of anilines is 1. The topological polar surface area (TPSA) is 114 Å². The number of aromatic nitrogens is 4. The van der Waals surface area contributed by atoms with Gasteiger partial charge in [0.1, 0.15) is 17.1 Å². The van der Waals surface area contributed by atoms with Crippen LogP contribution in [-0.2, 0) is 11.3 Å². The molecule has 2 N–H and O–H groups in total. The Bertz CT molecular complexity index is 1080. The number of ether oxygens (including phenoxy) is 2. The van der Waals surface area contributed by atoms with E-state index in [-0.39, 0.29) is 11.6 Å². The first kappa shape index (κ1) is 20.6. The number of amides is 2. The fourth-order valence-corrected chi connectivity index (χ4v) is 3.42. The summed E-state index contributed by atoms with van der Waals surface area (Å²) in [6.07, 6.45) is 1.49. The van der Waals surface area contributed by atoms with Crippen LogP contribution in [0.15, 0.2) is 36.5 Å². The first-order valence-electron chi connectivity index (χ1n) is 10.0. The molecule has 0 atom stereocenters. The van der Waals surface area contributed by atoms with E-state index in [1.807, 2.05) is 31.2 Å². The highest BCUT2D eigenvalue weighted by Gasteiger charge is 2.26. The minimum atomic E-state index is -0.409. The van der Waals surface area contributed by atoms with Gasteiger partial charge in [0, 0.05) is 25.2 Å². The number of methoxy groups -OCH3 is 1. The van der Waals surface area contributed by atoms with Crippen LogP contribution < -0.4 is 10.1 Å². The zero-order chi connectivity index (χ0) is 21.8. The standard InChI is InChI=1S/C21H24N6O4/c1-3-27-19(21(29)26-7-9-31-10-8-26)18(13-22-27)23-20(28)17-12-16(24-25-17)14-5-4-6-15(11-14)30-2/h4-6,11-13H,3,7-10H2,1-2H3,(H,23,28)(H,24,25). The van der Waals surface area contributed by atoms with Gasteiger partial charge in [0.05, 0.1) is 37.9 Å². The third kappa shape index (κ3) is 4.29. The van der Waals surface area contributed by atoms with Crippen LogP contribution in [0.1, 0.15) is 27.9 Å². The second kappa shape index (κ2) is 9.00. The zero-order valence-corrected chi connectivity index (χ0v) is 17.4. The summed E-state index contributed by atoms with van der Waals surface area (Å²) in [5, 5.41) is 14.0. The van der Waals surface area contributed by atoms with Crippen LogP contribution in [0, 0.1) is 0 Å². The summed E-state index contributed by atoms with van der Waals surface area (Å²) in [4.78, 5) is 27.6. The Morgan fingerprint density at radius 2 is 2.06 bits per heavy atom. The summed E-state index contributed by atoms with van der Waals surface area (Å²) in [5.41, 5.74) is 2.41. The van der Waals surface area contributed by atoms with Crippen molar-refractivity contribution >= 4 is 17.5 Å². The molecule has 0 unspecified atom stereocenters. The van der Waals surface area contributed by atoms with Crippen LogP contribution in [0.3, 0.4) is 0 Å². The lowest BCUT2D eigenvalue weighted by atomic mass is 10.1. The number of H-pyrrole nitrogens is 1. The minimum absolute atomic E-state index is 0.181. The average Bonchev–Trinajstić information content (AvgIpc) is 3.46. The molecule has 1 aromatic carbocycles. The second-order valence-electron chi connectivity index (χ2n) is 6.98. The monoisotopic (exact) mass is 424 g/mol. The van der Waals surface area contributed by atoms with Gasteiger partial charge in [-0.05, 0) is 25.1 Å². The van der Waals surface area contributed by atoms with Gasteiger partial charge in [-0.25, -0.2) is 0 Å². The molecule has 0 spiro atoms. The van der Waals surface area contributed by atoms with Crippen LogP contribution in [0.5, 0.6) is 5.75 Å². The number of benzene rings is 1. The summed E-state index contributed by atoms with van der Waals surface area (Å²) in [6.45, 7) is 4.40. The Kier molecular flexibility index (Phi) is 5.99. The van der Waals surface area contributed by atoms with Crippen LogP contribution in [0.2, 0.25) is 0 Å². The first-order valence-corrected chi connectivity index (χ1v) is 10.0. The van der Waals surface area contributed by atoms with E-state index in [0.29, 0.717) is 55.7 Å². The molecule has 0 aliphatic carbocycles. The number of rotatable bonds is 6. The normalized spacial score (nSPS) is 13.8. The molecule has 0 bridgehead atoms. The molecule has 2 amide bonds. The molecule has 1 fully saturated rings. The number of morpholine rings is 1. The molecule has 0 radical (unpaired) electrons. The molecular formula is C21H24N6O4. The quantitative estimate of drug-likeness (QED) is 0.626. The number of aryl methyl sites for hydroxylation is 1.